The third-order valence-corrected chi connectivity index (χ3v) is 6.38. The molecule has 0 amide bonds. The maximum atomic E-state index is 12.2. The summed E-state index contributed by atoms with van der Waals surface area (Å²) in [7, 11) is -3.43. The van der Waals surface area contributed by atoms with Crippen molar-refractivity contribution < 1.29 is 13.5 Å². The highest BCUT2D eigenvalue weighted by Crippen LogP contribution is 2.33. The molecule has 6 nitrogen and oxygen atoms in total. The first-order valence-corrected chi connectivity index (χ1v) is 9.98. The fraction of sp³-hybridized carbons (Fsp3) is 0.727. The largest absolute Gasteiger partial charge is 0.387 e. The molecule has 1 rings (SSSR count). The van der Waals surface area contributed by atoms with Crippen LogP contribution in [0.2, 0.25) is 0 Å². The van der Waals surface area contributed by atoms with E-state index in [1.165, 1.54) is 11.8 Å². The lowest BCUT2D eigenvalue weighted by Crippen LogP contribution is -2.36. The standard InChI is InChI=1S/C11H21N3O3S3/c1-4-5-20(16,17)8-9(12)14-19-10(8)13-6-11(2,15)7-18-3/h13,15H,4-7H2,1-3H3,(H2,12,14). The fourth-order valence-electron chi connectivity index (χ4n) is 1.71. The summed E-state index contributed by atoms with van der Waals surface area (Å²) in [5, 5.41) is 13.5. The number of aromatic nitrogens is 1. The van der Waals surface area contributed by atoms with Crippen LogP contribution in [-0.2, 0) is 9.84 Å². The molecule has 9 heteroatoms. The summed E-state index contributed by atoms with van der Waals surface area (Å²) in [5.74, 6) is 0.604. The average Bonchev–Trinajstić information content (AvgIpc) is 2.68. The van der Waals surface area contributed by atoms with E-state index in [1.54, 1.807) is 13.8 Å². The van der Waals surface area contributed by atoms with Crippen molar-refractivity contribution in [1.29, 1.82) is 0 Å². The minimum atomic E-state index is -3.43. The molecule has 20 heavy (non-hydrogen) atoms. The normalized spacial score (nSPS) is 15.0. The zero-order valence-electron chi connectivity index (χ0n) is 11.8. The fourth-order valence-corrected chi connectivity index (χ4v) is 5.05. The number of hydrogen-bond donors (Lipinski definition) is 3. The van der Waals surface area contributed by atoms with Crippen LogP contribution in [0, 0.1) is 0 Å². The monoisotopic (exact) mass is 339 g/mol. The number of rotatable bonds is 8. The Hall–Kier alpha value is -0.510. The molecule has 0 aliphatic carbocycles. The van der Waals surface area contributed by atoms with Crippen LogP contribution in [0.25, 0.3) is 0 Å². The summed E-state index contributed by atoms with van der Waals surface area (Å²) in [5.41, 5.74) is 4.74. The molecule has 0 radical (unpaired) electrons. The first-order valence-electron chi connectivity index (χ1n) is 6.16. The number of aliphatic hydroxyl groups is 1. The van der Waals surface area contributed by atoms with E-state index in [2.05, 4.69) is 9.69 Å². The van der Waals surface area contributed by atoms with Gasteiger partial charge in [-0.2, -0.15) is 16.1 Å². The van der Waals surface area contributed by atoms with Gasteiger partial charge >= 0.3 is 0 Å². The Morgan fingerprint density at radius 3 is 2.75 bits per heavy atom. The van der Waals surface area contributed by atoms with Crippen LogP contribution in [-0.4, -0.2) is 47.8 Å². The summed E-state index contributed by atoms with van der Waals surface area (Å²) >= 11 is 2.53. The zero-order valence-corrected chi connectivity index (χ0v) is 14.3. The lowest BCUT2D eigenvalue weighted by molar-refractivity contribution is 0.0997. The number of nitrogens with zero attached hydrogens (tertiary/aromatic N) is 1. The van der Waals surface area contributed by atoms with Gasteiger partial charge in [0.25, 0.3) is 0 Å². The average molecular weight is 340 g/mol. The topological polar surface area (TPSA) is 105 Å². The van der Waals surface area contributed by atoms with Crippen LogP contribution in [0.3, 0.4) is 0 Å². The van der Waals surface area contributed by atoms with Crippen LogP contribution >= 0.6 is 23.3 Å². The van der Waals surface area contributed by atoms with Crippen LogP contribution < -0.4 is 11.1 Å². The minimum Gasteiger partial charge on any atom is -0.387 e. The van der Waals surface area contributed by atoms with Crippen molar-refractivity contribution in [3.63, 3.8) is 0 Å². The minimum absolute atomic E-state index is 0.0236. The van der Waals surface area contributed by atoms with Crippen LogP contribution in [0.5, 0.6) is 0 Å². The molecule has 0 aliphatic heterocycles. The van der Waals surface area contributed by atoms with Gasteiger partial charge in [-0.3, -0.25) is 0 Å². The summed E-state index contributed by atoms with van der Waals surface area (Å²) in [6.45, 7) is 3.73. The molecule has 1 aromatic rings. The zero-order chi connectivity index (χ0) is 15.4. The second-order valence-corrected chi connectivity index (χ2v) is 8.51. The third-order valence-electron chi connectivity index (χ3n) is 2.54. The predicted octanol–water partition coefficient (Wildman–Crippen LogP) is 1.43. The highest BCUT2D eigenvalue weighted by atomic mass is 32.2. The number of nitrogens with one attached hydrogen (secondary N) is 1. The third kappa shape index (κ3) is 4.51. The van der Waals surface area contributed by atoms with Gasteiger partial charge in [0.05, 0.1) is 11.4 Å². The van der Waals surface area contributed by atoms with E-state index < -0.39 is 15.4 Å². The van der Waals surface area contributed by atoms with Crippen molar-refractivity contribution in [2.24, 2.45) is 0 Å². The van der Waals surface area contributed by atoms with Crippen molar-refractivity contribution >= 4 is 44.0 Å². The molecule has 0 aliphatic rings. The van der Waals surface area contributed by atoms with Gasteiger partial charge in [-0.25, -0.2) is 8.42 Å². The van der Waals surface area contributed by atoms with Crippen molar-refractivity contribution in [1.82, 2.24) is 4.37 Å². The van der Waals surface area contributed by atoms with Gasteiger partial charge in [0.1, 0.15) is 9.90 Å². The maximum Gasteiger partial charge on any atom is 0.185 e. The molecule has 0 saturated carbocycles. The van der Waals surface area contributed by atoms with E-state index in [1.807, 2.05) is 6.26 Å². The van der Waals surface area contributed by atoms with E-state index in [0.717, 1.165) is 11.5 Å². The smallest absolute Gasteiger partial charge is 0.185 e. The van der Waals surface area contributed by atoms with Gasteiger partial charge in [0.2, 0.25) is 0 Å². The molecule has 0 spiro atoms. The van der Waals surface area contributed by atoms with Gasteiger partial charge in [-0.1, -0.05) is 6.92 Å². The molecule has 116 valence electrons. The van der Waals surface area contributed by atoms with Gasteiger partial charge in [-0.05, 0) is 31.1 Å². The Bertz CT molecular complexity index is 540. The molecule has 0 aromatic carbocycles. The van der Waals surface area contributed by atoms with Crippen molar-refractivity contribution in [3.8, 4) is 0 Å². The molecule has 1 heterocycles. The molecule has 1 unspecified atom stereocenters. The second-order valence-electron chi connectivity index (χ2n) is 4.83. The molecule has 1 aromatic heterocycles. The Labute approximate surface area is 128 Å². The highest BCUT2D eigenvalue weighted by Gasteiger charge is 2.27. The molecule has 4 N–H and O–H groups in total. The molecule has 0 fully saturated rings. The van der Waals surface area contributed by atoms with E-state index in [-0.39, 0.29) is 23.0 Å². The summed E-state index contributed by atoms with van der Waals surface area (Å²) in [4.78, 5) is 0.0595. The Morgan fingerprint density at radius 1 is 1.55 bits per heavy atom. The molecule has 1 atom stereocenters. The van der Waals surface area contributed by atoms with E-state index in [4.69, 9.17) is 5.73 Å². The number of sulfone groups is 1. The number of nitrogen functional groups attached to an aromatic ring is 1. The highest BCUT2D eigenvalue weighted by molar-refractivity contribution is 7.98. The van der Waals surface area contributed by atoms with Gasteiger partial charge < -0.3 is 16.2 Å². The van der Waals surface area contributed by atoms with Crippen LogP contribution in [0.4, 0.5) is 10.8 Å². The van der Waals surface area contributed by atoms with Gasteiger partial charge in [-0.15, -0.1) is 0 Å². The molecular formula is C11H21N3O3S3. The van der Waals surface area contributed by atoms with E-state index in [0.29, 0.717) is 17.2 Å². The number of thioether (sulfide) groups is 1. The van der Waals surface area contributed by atoms with Gasteiger partial charge in [0.15, 0.2) is 15.7 Å². The first kappa shape index (κ1) is 17.5. The van der Waals surface area contributed by atoms with E-state index in [9.17, 15) is 13.5 Å². The van der Waals surface area contributed by atoms with E-state index >= 15 is 0 Å². The maximum absolute atomic E-state index is 12.2. The summed E-state index contributed by atoms with van der Waals surface area (Å²) in [6.07, 6.45) is 2.41. The summed E-state index contributed by atoms with van der Waals surface area (Å²) in [6, 6.07) is 0. The van der Waals surface area contributed by atoms with Crippen LogP contribution in [0.1, 0.15) is 20.3 Å². The number of anilines is 2. The quantitative estimate of drug-likeness (QED) is 0.658. The van der Waals surface area contributed by atoms with Crippen LogP contribution in [0.15, 0.2) is 4.90 Å². The lowest BCUT2D eigenvalue weighted by Gasteiger charge is -2.22. The molecular weight excluding hydrogens is 318 g/mol. The second kappa shape index (κ2) is 6.97. The Kier molecular flexibility index (Phi) is 6.11. The van der Waals surface area contributed by atoms with Gasteiger partial charge in [0, 0.05) is 12.3 Å². The van der Waals surface area contributed by atoms with Crippen molar-refractivity contribution in [2.75, 3.05) is 35.4 Å². The Morgan fingerprint density at radius 2 is 2.20 bits per heavy atom. The SMILES string of the molecule is CCCS(=O)(=O)c1c(N)nsc1NCC(C)(O)CSC. The lowest BCUT2D eigenvalue weighted by atomic mass is 10.1. The van der Waals surface area contributed by atoms with Crippen molar-refractivity contribution in [2.45, 2.75) is 30.8 Å². The number of nitrogens with two attached hydrogens (primary N) is 1. The molecule has 0 bridgehead atoms. The Balaban J connectivity index is 2.94. The number of hydrogen-bond acceptors (Lipinski definition) is 8. The molecule has 0 saturated heterocycles. The predicted molar refractivity (Wildman–Crippen MR) is 86.4 cm³/mol. The first-order chi connectivity index (χ1) is 9.23. The summed E-state index contributed by atoms with van der Waals surface area (Å²) < 4.78 is 28.2. The van der Waals surface area contributed by atoms with Crippen molar-refractivity contribution in [3.05, 3.63) is 0 Å².